The Morgan fingerprint density at radius 1 is 1.15 bits per heavy atom. The van der Waals surface area contributed by atoms with Crippen molar-refractivity contribution < 1.29 is 18.1 Å². The molecule has 10 nitrogen and oxygen atoms in total. The van der Waals surface area contributed by atoms with Gasteiger partial charge in [-0.3, -0.25) is 14.9 Å². The van der Waals surface area contributed by atoms with E-state index in [-0.39, 0.29) is 36.0 Å². The fourth-order valence-electron chi connectivity index (χ4n) is 3.07. The minimum Gasteiger partial charge on any atom is -0.300 e. The molecule has 0 unspecified atom stereocenters. The van der Waals surface area contributed by atoms with E-state index in [0.717, 1.165) is 23.3 Å². The Labute approximate surface area is 195 Å². The first-order chi connectivity index (χ1) is 15.7. The predicted octanol–water partition coefficient (Wildman–Crippen LogP) is 3.85. The molecule has 0 aliphatic carbocycles. The Balaban J connectivity index is 1.65. The number of nitrogens with zero attached hydrogens (tertiary/aromatic N) is 4. The van der Waals surface area contributed by atoms with Crippen LogP contribution in [0.15, 0.2) is 53.4 Å². The lowest BCUT2D eigenvalue weighted by Crippen LogP contribution is -2.34. The first-order valence-electron chi connectivity index (χ1n) is 10.2. The number of nitro groups is 1. The zero-order valence-corrected chi connectivity index (χ0v) is 19.7. The van der Waals surface area contributed by atoms with Crippen LogP contribution in [0.4, 0.5) is 10.8 Å². The average molecular weight is 490 g/mol. The molecule has 12 heteroatoms. The number of benzene rings is 2. The molecule has 0 saturated heterocycles. The van der Waals surface area contributed by atoms with Gasteiger partial charge >= 0.3 is 0 Å². The molecule has 0 atom stereocenters. The lowest BCUT2D eigenvalue weighted by atomic mass is 10.1. The molecule has 1 heterocycles. The Morgan fingerprint density at radius 2 is 1.88 bits per heavy atom. The number of non-ortho nitro benzene ring substituents is 1. The Hall–Kier alpha value is -3.22. The van der Waals surface area contributed by atoms with Crippen LogP contribution < -0.4 is 5.32 Å². The van der Waals surface area contributed by atoms with Crippen LogP contribution >= 0.6 is 11.3 Å². The summed E-state index contributed by atoms with van der Waals surface area (Å²) in [6.45, 7) is 3.97. The molecule has 0 spiro atoms. The number of carbonyl (C=O) groups is 1. The molecule has 0 fully saturated rings. The van der Waals surface area contributed by atoms with Crippen molar-refractivity contribution in [3.05, 3.63) is 64.2 Å². The first-order valence-corrected chi connectivity index (χ1v) is 12.4. The van der Waals surface area contributed by atoms with E-state index in [9.17, 15) is 23.3 Å². The lowest BCUT2D eigenvalue weighted by Gasteiger charge is -2.21. The van der Waals surface area contributed by atoms with Crippen LogP contribution in [0.2, 0.25) is 0 Å². The number of rotatable bonds is 10. The van der Waals surface area contributed by atoms with E-state index in [1.165, 1.54) is 27.8 Å². The van der Waals surface area contributed by atoms with Gasteiger partial charge in [-0.1, -0.05) is 42.0 Å². The number of aromatic nitrogens is 2. The van der Waals surface area contributed by atoms with Crippen molar-refractivity contribution in [2.24, 2.45) is 0 Å². The number of hydrogen-bond donors (Lipinski definition) is 1. The van der Waals surface area contributed by atoms with E-state index in [4.69, 9.17) is 0 Å². The number of nitro benzene ring substituents is 1. The normalized spacial score (nSPS) is 11.5. The molecule has 3 rings (SSSR count). The third-order valence-electron chi connectivity index (χ3n) is 4.68. The van der Waals surface area contributed by atoms with E-state index in [1.54, 1.807) is 0 Å². The second-order valence-electron chi connectivity index (χ2n) is 7.24. The zero-order valence-electron chi connectivity index (χ0n) is 18.1. The van der Waals surface area contributed by atoms with Crippen molar-refractivity contribution in [1.29, 1.82) is 0 Å². The second kappa shape index (κ2) is 10.6. The molecule has 1 aromatic heterocycles. The minimum absolute atomic E-state index is 0.0392. The molecule has 0 bridgehead atoms. The van der Waals surface area contributed by atoms with Crippen LogP contribution in [0, 0.1) is 17.0 Å². The summed E-state index contributed by atoms with van der Waals surface area (Å²) in [6, 6.07) is 12.4. The maximum absolute atomic E-state index is 13.0. The van der Waals surface area contributed by atoms with Crippen molar-refractivity contribution in [3.8, 4) is 10.6 Å². The topological polar surface area (TPSA) is 135 Å². The van der Waals surface area contributed by atoms with Gasteiger partial charge in [0.15, 0.2) is 0 Å². The van der Waals surface area contributed by atoms with E-state index in [2.05, 4.69) is 15.5 Å². The van der Waals surface area contributed by atoms with Crippen LogP contribution in [0.1, 0.15) is 25.3 Å². The summed E-state index contributed by atoms with van der Waals surface area (Å²) in [5.74, 6) is -0.387. The van der Waals surface area contributed by atoms with Crippen molar-refractivity contribution in [2.45, 2.75) is 31.6 Å². The Morgan fingerprint density at radius 3 is 2.52 bits per heavy atom. The zero-order chi connectivity index (χ0) is 24.0. The average Bonchev–Trinajstić information content (AvgIpc) is 3.25. The van der Waals surface area contributed by atoms with Crippen LogP contribution in [0.3, 0.4) is 0 Å². The van der Waals surface area contributed by atoms with E-state index < -0.39 is 14.9 Å². The largest absolute Gasteiger partial charge is 0.300 e. The summed E-state index contributed by atoms with van der Waals surface area (Å²) in [6.07, 6.45) is 0.468. The molecule has 0 aliphatic rings. The highest BCUT2D eigenvalue weighted by atomic mass is 32.2. The van der Waals surface area contributed by atoms with Gasteiger partial charge in [0.05, 0.1) is 9.82 Å². The molecule has 3 aromatic rings. The first kappa shape index (κ1) is 24.4. The highest BCUT2D eigenvalue weighted by molar-refractivity contribution is 7.89. The molecule has 0 aliphatic heterocycles. The lowest BCUT2D eigenvalue weighted by molar-refractivity contribution is -0.384. The van der Waals surface area contributed by atoms with Gasteiger partial charge in [0.1, 0.15) is 5.01 Å². The predicted molar refractivity (Wildman–Crippen MR) is 125 cm³/mol. The van der Waals surface area contributed by atoms with Crippen LogP contribution in [-0.2, 0) is 14.8 Å². The summed E-state index contributed by atoms with van der Waals surface area (Å²) in [5, 5.41) is 22.6. The molecule has 0 radical (unpaired) electrons. The number of aryl methyl sites for hydroxylation is 1. The van der Waals surface area contributed by atoms with Crippen molar-refractivity contribution in [3.63, 3.8) is 0 Å². The number of hydrogen-bond acceptors (Lipinski definition) is 8. The number of anilines is 1. The minimum atomic E-state index is -3.90. The maximum atomic E-state index is 13.0. The van der Waals surface area contributed by atoms with Gasteiger partial charge in [0, 0.05) is 37.2 Å². The maximum Gasteiger partial charge on any atom is 0.269 e. The molecule has 33 heavy (non-hydrogen) atoms. The fraction of sp³-hybridized carbons (Fsp3) is 0.286. The molecule has 2 aromatic carbocycles. The number of sulfonamides is 1. The number of nitrogens with one attached hydrogen (secondary N) is 1. The second-order valence-corrected chi connectivity index (χ2v) is 10.2. The van der Waals surface area contributed by atoms with E-state index in [1.807, 2.05) is 38.1 Å². The summed E-state index contributed by atoms with van der Waals surface area (Å²) in [7, 11) is -3.90. The standard InChI is InChI=1S/C21H23N5O5S2/c1-3-12-25(33(30,31)18-9-7-17(8-10-18)26(28)29)13-11-19(27)22-21-24-23-20(32-21)16-6-4-5-15(2)14-16/h4-10,14H,3,11-13H2,1-2H3,(H,22,24,27). The molecule has 1 N–H and O–H groups in total. The molecular weight excluding hydrogens is 466 g/mol. The van der Waals surface area contributed by atoms with Crippen molar-refractivity contribution in [1.82, 2.24) is 14.5 Å². The van der Waals surface area contributed by atoms with Crippen molar-refractivity contribution in [2.75, 3.05) is 18.4 Å². The number of carbonyl (C=O) groups excluding carboxylic acids is 1. The monoisotopic (exact) mass is 489 g/mol. The third-order valence-corrected chi connectivity index (χ3v) is 7.48. The summed E-state index contributed by atoms with van der Waals surface area (Å²) in [4.78, 5) is 22.6. The van der Waals surface area contributed by atoms with Crippen LogP contribution in [0.25, 0.3) is 10.6 Å². The smallest absolute Gasteiger partial charge is 0.269 e. The Kier molecular flexibility index (Phi) is 7.84. The van der Waals surface area contributed by atoms with Gasteiger partial charge in [0.25, 0.3) is 5.69 Å². The third kappa shape index (κ3) is 6.18. The van der Waals surface area contributed by atoms with Crippen LogP contribution in [-0.4, -0.2) is 46.8 Å². The van der Waals surface area contributed by atoms with Crippen molar-refractivity contribution >= 4 is 38.1 Å². The molecular formula is C21H23N5O5S2. The van der Waals surface area contributed by atoms with Gasteiger partial charge in [-0.05, 0) is 31.5 Å². The van der Waals surface area contributed by atoms with E-state index in [0.29, 0.717) is 16.6 Å². The molecule has 0 saturated carbocycles. The summed E-state index contributed by atoms with van der Waals surface area (Å²) >= 11 is 1.23. The highest BCUT2D eigenvalue weighted by Crippen LogP contribution is 2.27. The van der Waals surface area contributed by atoms with E-state index >= 15 is 0 Å². The summed E-state index contributed by atoms with van der Waals surface area (Å²) < 4.78 is 27.1. The Bertz CT molecular complexity index is 1240. The highest BCUT2D eigenvalue weighted by Gasteiger charge is 2.25. The quantitative estimate of drug-likeness (QED) is 0.337. The van der Waals surface area contributed by atoms with Gasteiger partial charge in [-0.25, -0.2) is 8.42 Å². The van der Waals surface area contributed by atoms with Gasteiger partial charge in [-0.15, -0.1) is 10.2 Å². The summed E-state index contributed by atoms with van der Waals surface area (Å²) in [5.41, 5.74) is 1.78. The van der Waals surface area contributed by atoms with Crippen LogP contribution in [0.5, 0.6) is 0 Å². The molecule has 174 valence electrons. The molecule has 1 amide bonds. The SMILES string of the molecule is CCCN(CCC(=O)Nc1nnc(-c2cccc(C)c2)s1)S(=O)(=O)c1ccc([N+](=O)[O-])cc1. The van der Waals surface area contributed by atoms with Gasteiger partial charge in [-0.2, -0.15) is 4.31 Å². The van der Waals surface area contributed by atoms with Gasteiger partial charge < -0.3 is 5.32 Å². The van der Waals surface area contributed by atoms with Gasteiger partial charge in [0.2, 0.25) is 21.1 Å². The number of amides is 1. The fourth-order valence-corrected chi connectivity index (χ4v) is 5.36.